The lowest BCUT2D eigenvalue weighted by molar-refractivity contribution is -0.121. The molecule has 0 rings (SSSR count). The van der Waals surface area contributed by atoms with E-state index in [4.69, 9.17) is 5.73 Å². The van der Waals surface area contributed by atoms with Crippen molar-refractivity contribution < 1.29 is 4.79 Å². The second-order valence-electron chi connectivity index (χ2n) is 4.72. The third-order valence-corrected chi connectivity index (χ3v) is 1.88. The number of nitrogens with one attached hydrogen (secondary N) is 1. The van der Waals surface area contributed by atoms with Crippen molar-refractivity contribution in [2.75, 3.05) is 33.7 Å². The van der Waals surface area contributed by atoms with E-state index in [-0.39, 0.29) is 36.1 Å². The lowest BCUT2D eigenvalue weighted by Crippen LogP contribution is -2.40. The van der Waals surface area contributed by atoms with E-state index in [1.165, 1.54) is 0 Å². The molecular formula is C10H25Cl2N3O. The van der Waals surface area contributed by atoms with Gasteiger partial charge in [0.15, 0.2) is 0 Å². The standard InChI is InChI=1S/C10H23N3O.2ClH/c1-10(2,8-13(3)4)7-12-9(14)5-6-11;;/h5-8,11H2,1-4H3,(H,12,14);2*1H. The van der Waals surface area contributed by atoms with E-state index in [1.54, 1.807) is 0 Å². The summed E-state index contributed by atoms with van der Waals surface area (Å²) in [4.78, 5) is 13.3. The predicted molar refractivity (Wildman–Crippen MR) is 73.5 cm³/mol. The number of carbonyl (C=O) groups is 1. The highest BCUT2D eigenvalue weighted by Gasteiger charge is 2.19. The molecule has 0 unspecified atom stereocenters. The molecule has 0 spiro atoms. The summed E-state index contributed by atoms with van der Waals surface area (Å²) in [7, 11) is 4.06. The van der Waals surface area contributed by atoms with E-state index in [9.17, 15) is 4.79 Å². The molecule has 0 aromatic carbocycles. The van der Waals surface area contributed by atoms with Crippen LogP contribution in [0.4, 0.5) is 0 Å². The number of rotatable bonds is 6. The van der Waals surface area contributed by atoms with Gasteiger partial charge in [-0.1, -0.05) is 13.8 Å². The zero-order valence-corrected chi connectivity index (χ0v) is 12.2. The molecule has 0 aliphatic heterocycles. The van der Waals surface area contributed by atoms with Crippen LogP contribution in [-0.2, 0) is 4.79 Å². The first-order valence-corrected chi connectivity index (χ1v) is 4.99. The Morgan fingerprint density at radius 1 is 1.31 bits per heavy atom. The van der Waals surface area contributed by atoms with Crippen molar-refractivity contribution in [2.45, 2.75) is 20.3 Å². The number of nitrogens with zero attached hydrogens (tertiary/aromatic N) is 1. The first-order valence-electron chi connectivity index (χ1n) is 4.99. The summed E-state index contributed by atoms with van der Waals surface area (Å²) in [6, 6.07) is 0. The second-order valence-corrected chi connectivity index (χ2v) is 4.72. The highest BCUT2D eigenvalue weighted by molar-refractivity contribution is 5.85. The molecule has 0 radical (unpaired) electrons. The molecule has 1 amide bonds. The van der Waals surface area contributed by atoms with Gasteiger partial charge in [-0.25, -0.2) is 0 Å². The van der Waals surface area contributed by atoms with E-state index in [1.807, 2.05) is 14.1 Å². The Kier molecular flexibility index (Phi) is 13.5. The van der Waals surface area contributed by atoms with Gasteiger partial charge >= 0.3 is 0 Å². The van der Waals surface area contributed by atoms with Gasteiger partial charge in [-0.3, -0.25) is 4.79 Å². The number of hydrogen-bond acceptors (Lipinski definition) is 3. The molecule has 0 bridgehead atoms. The van der Waals surface area contributed by atoms with Crippen LogP contribution in [0.2, 0.25) is 0 Å². The first-order chi connectivity index (χ1) is 6.37. The van der Waals surface area contributed by atoms with Crippen molar-refractivity contribution in [3.05, 3.63) is 0 Å². The molecule has 0 atom stereocenters. The molecule has 100 valence electrons. The summed E-state index contributed by atoms with van der Waals surface area (Å²) in [6.45, 7) is 6.34. The van der Waals surface area contributed by atoms with Gasteiger partial charge in [0.1, 0.15) is 0 Å². The summed E-state index contributed by atoms with van der Waals surface area (Å²) < 4.78 is 0. The maximum Gasteiger partial charge on any atom is 0.221 e. The molecule has 16 heavy (non-hydrogen) atoms. The molecular weight excluding hydrogens is 249 g/mol. The van der Waals surface area contributed by atoms with Crippen LogP contribution in [-0.4, -0.2) is 44.5 Å². The summed E-state index contributed by atoms with van der Waals surface area (Å²) in [5.74, 6) is 0.0410. The van der Waals surface area contributed by atoms with Gasteiger partial charge in [0, 0.05) is 26.1 Å². The van der Waals surface area contributed by atoms with Gasteiger partial charge in [0.05, 0.1) is 0 Å². The van der Waals surface area contributed by atoms with Crippen molar-refractivity contribution >= 4 is 30.7 Å². The lowest BCUT2D eigenvalue weighted by atomic mass is 9.93. The van der Waals surface area contributed by atoms with Crippen molar-refractivity contribution in [3.63, 3.8) is 0 Å². The third-order valence-electron chi connectivity index (χ3n) is 1.88. The van der Waals surface area contributed by atoms with Gasteiger partial charge in [-0.05, 0) is 19.5 Å². The molecule has 0 saturated carbocycles. The van der Waals surface area contributed by atoms with Gasteiger partial charge < -0.3 is 16.0 Å². The van der Waals surface area contributed by atoms with Gasteiger partial charge in [0.25, 0.3) is 0 Å². The van der Waals surface area contributed by atoms with Gasteiger partial charge in [-0.2, -0.15) is 0 Å². The zero-order valence-electron chi connectivity index (χ0n) is 10.6. The normalized spacial score (nSPS) is 10.4. The Morgan fingerprint density at radius 3 is 2.19 bits per heavy atom. The van der Waals surface area contributed by atoms with E-state index in [2.05, 4.69) is 24.1 Å². The molecule has 0 saturated heterocycles. The minimum absolute atomic E-state index is 0. The van der Waals surface area contributed by atoms with Crippen LogP contribution < -0.4 is 11.1 Å². The van der Waals surface area contributed by atoms with Crippen molar-refractivity contribution in [2.24, 2.45) is 11.1 Å². The first kappa shape index (κ1) is 21.3. The lowest BCUT2D eigenvalue weighted by Gasteiger charge is -2.28. The maximum atomic E-state index is 11.2. The maximum absolute atomic E-state index is 11.2. The fraction of sp³-hybridized carbons (Fsp3) is 0.900. The van der Waals surface area contributed by atoms with E-state index in [0.717, 1.165) is 6.54 Å². The number of carbonyl (C=O) groups excluding carboxylic acids is 1. The van der Waals surface area contributed by atoms with Crippen LogP contribution in [0.5, 0.6) is 0 Å². The molecule has 0 aromatic heterocycles. The Hall–Kier alpha value is -0.0300. The number of halogens is 2. The summed E-state index contributed by atoms with van der Waals surface area (Å²) in [5, 5.41) is 2.88. The van der Waals surface area contributed by atoms with E-state index < -0.39 is 0 Å². The minimum Gasteiger partial charge on any atom is -0.355 e. The summed E-state index contributed by atoms with van der Waals surface area (Å²) >= 11 is 0. The molecule has 6 heteroatoms. The van der Waals surface area contributed by atoms with Gasteiger partial charge in [-0.15, -0.1) is 24.8 Å². The molecule has 0 heterocycles. The smallest absolute Gasteiger partial charge is 0.221 e. The van der Waals surface area contributed by atoms with Crippen LogP contribution >= 0.6 is 24.8 Å². The van der Waals surface area contributed by atoms with Crippen LogP contribution in [0.3, 0.4) is 0 Å². The Bertz CT molecular complexity index is 187. The number of nitrogens with two attached hydrogens (primary N) is 1. The quantitative estimate of drug-likeness (QED) is 0.756. The van der Waals surface area contributed by atoms with Crippen molar-refractivity contribution in [3.8, 4) is 0 Å². The topological polar surface area (TPSA) is 58.4 Å². The van der Waals surface area contributed by atoms with E-state index >= 15 is 0 Å². The molecule has 0 aliphatic rings. The Balaban J connectivity index is -0.000000845. The summed E-state index contributed by atoms with van der Waals surface area (Å²) in [6.07, 6.45) is 0.415. The minimum atomic E-state index is 0. The number of hydrogen-bond donors (Lipinski definition) is 2. The molecule has 0 aromatic rings. The third kappa shape index (κ3) is 12.0. The fourth-order valence-electron chi connectivity index (χ4n) is 1.47. The molecule has 0 aliphatic carbocycles. The number of amides is 1. The Labute approximate surface area is 111 Å². The SMILES string of the molecule is CN(C)CC(C)(C)CNC(=O)CCN.Cl.Cl. The van der Waals surface area contributed by atoms with Crippen LogP contribution in [0.15, 0.2) is 0 Å². The predicted octanol–water partition coefficient (Wildman–Crippen LogP) is 0.883. The Morgan fingerprint density at radius 2 is 1.81 bits per heavy atom. The highest BCUT2D eigenvalue weighted by Crippen LogP contribution is 2.13. The largest absolute Gasteiger partial charge is 0.355 e. The summed E-state index contributed by atoms with van der Waals surface area (Å²) in [5.41, 5.74) is 5.39. The van der Waals surface area contributed by atoms with Crippen LogP contribution in [0, 0.1) is 5.41 Å². The fourth-order valence-corrected chi connectivity index (χ4v) is 1.47. The highest BCUT2D eigenvalue weighted by atomic mass is 35.5. The van der Waals surface area contributed by atoms with E-state index in [0.29, 0.717) is 19.5 Å². The molecule has 3 N–H and O–H groups in total. The second kappa shape index (κ2) is 10.1. The average molecular weight is 274 g/mol. The van der Waals surface area contributed by atoms with Crippen LogP contribution in [0.1, 0.15) is 20.3 Å². The van der Waals surface area contributed by atoms with Crippen molar-refractivity contribution in [1.29, 1.82) is 0 Å². The monoisotopic (exact) mass is 273 g/mol. The molecule has 0 fully saturated rings. The van der Waals surface area contributed by atoms with Crippen LogP contribution in [0.25, 0.3) is 0 Å². The van der Waals surface area contributed by atoms with Crippen molar-refractivity contribution in [1.82, 2.24) is 10.2 Å². The molecule has 4 nitrogen and oxygen atoms in total. The average Bonchev–Trinajstić information content (AvgIpc) is 1.99. The van der Waals surface area contributed by atoms with Gasteiger partial charge in [0.2, 0.25) is 5.91 Å². The zero-order chi connectivity index (χ0) is 11.2.